The third kappa shape index (κ3) is 2.47. The fourth-order valence-electron chi connectivity index (χ4n) is 3.46. The zero-order valence-corrected chi connectivity index (χ0v) is 10.7. The van der Waals surface area contributed by atoms with E-state index in [2.05, 4.69) is 28.3 Å². The Morgan fingerprint density at radius 2 is 2.06 bits per heavy atom. The number of hydrazone groups is 1. The van der Waals surface area contributed by atoms with Crippen molar-refractivity contribution in [1.82, 2.24) is 16.3 Å². The van der Waals surface area contributed by atoms with Crippen molar-refractivity contribution in [3.05, 3.63) is 0 Å². The van der Waals surface area contributed by atoms with Crippen molar-refractivity contribution in [2.45, 2.75) is 51.6 Å². The number of fused-ring (bicyclic) bond motifs is 1. The first-order chi connectivity index (χ1) is 8.33. The lowest BCUT2D eigenvalue weighted by molar-refractivity contribution is 0.0993. The molecule has 0 aromatic heterocycles. The van der Waals surface area contributed by atoms with E-state index < -0.39 is 0 Å². The van der Waals surface area contributed by atoms with Crippen molar-refractivity contribution < 1.29 is 0 Å². The summed E-state index contributed by atoms with van der Waals surface area (Å²) in [6, 6.07) is 0. The van der Waals surface area contributed by atoms with Crippen LogP contribution >= 0.6 is 0 Å². The fourth-order valence-corrected chi connectivity index (χ4v) is 3.46. The van der Waals surface area contributed by atoms with Crippen LogP contribution in [-0.2, 0) is 0 Å². The smallest absolute Gasteiger partial charge is 0.109 e. The second kappa shape index (κ2) is 4.94. The third-order valence-corrected chi connectivity index (χ3v) is 4.55. The number of hydrogen-bond donors (Lipinski definition) is 3. The molecule has 1 aliphatic heterocycles. The Morgan fingerprint density at radius 3 is 2.88 bits per heavy atom. The van der Waals surface area contributed by atoms with Gasteiger partial charge in [-0.05, 0) is 43.4 Å². The molecule has 4 nitrogen and oxygen atoms in total. The lowest BCUT2D eigenvalue weighted by atomic mass is 9.77. The molecule has 0 bridgehead atoms. The monoisotopic (exact) mass is 236 g/mol. The van der Waals surface area contributed by atoms with Crippen molar-refractivity contribution in [2.75, 3.05) is 6.54 Å². The van der Waals surface area contributed by atoms with Crippen molar-refractivity contribution in [1.29, 1.82) is 0 Å². The number of rotatable bonds is 2. The molecule has 3 rings (SSSR count). The summed E-state index contributed by atoms with van der Waals surface area (Å²) in [7, 11) is 0. The van der Waals surface area contributed by atoms with E-state index in [1.165, 1.54) is 44.2 Å². The standard InChI is InChI=1S/C13H24N4/c1-9-6-11(7-9)15-17-13-12-5-3-2-4-10(12)8-14-16-13/h9-10,12-14,16-17H,2-8H2,1H3. The van der Waals surface area contributed by atoms with Crippen LogP contribution in [0.25, 0.3) is 0 Å². The molecular formula is C13H24N4. The predicted molar refractivity (Wildman–Crippen MR) is 69.3 cm³/mol. The van der Waals surface area contributed by atoms with Gasteiger partial charge >= 0.3 is 0 Å². The van der Waals surface area contributed by atoms with Gasteiger partial charge in [0.1, 0.15) is 6.17 Å². The van der Waals surface area contributed by atoms with Crippen molar-refractivity contribution in [3.63, 3.8) is 0 Å². The lowest BCUT2D eigenvalue weighted by Crippen LogP contribution is -2.61. The van der Waals surface area contributed by atoms with Gasteiger partial charge in [-0.3, -0.25) is 10.9 Å². The molecule has 1 saturated heterocycles. The summed E-state index contributed by atoms with van der Waals surface area (Å²) in [6.07, 6.45) is 8.21. The Labute approximate surface area is 104 Å². The highest BCUT2D eigenvalue weighted by Crippen LogP contribution is 2.33. The van der Waals surface area contributed by atoms with E-state index in [1.54, 1.807) is 0 Å². The van der Waals surface area contributed by atoms with Gasteiger partial charge in [-0.2, -0.15) is 5.10 Å². The van der Waals surface area contributed by atoms with Crippen LogP contribution in [0.3, 0.4) is 0 Å². The molecule has 1 heterocycles. The van der Waals surface area contributed by atoms with Gasteiger partial charge in [0.05, 0.1) is 0 Å². The van der Waals surface area contributed by atoms with Crippen LogP contribution in [-0.4, -0.2) is 18.4 Å². The molecule has 0 spiro atoms. The minimum atomic E-state index is 0.331. The van der Waals surface area contributed by atoms with E-state index in [4.69, 9.17) is 0 Å². The molecule has 17 heavy (non-hydrogen) atoms. The van der Waals surface area contributed by atoms with Gasteiger partial charge < -0.3 is 0 Å². The van der Waals surface area contributed by atoms with Crippen molar-refractivity contribution >= 4 is 5.71 Å². The second-order valence-corrected chi connectivity index (χ2v) is 6.03. The Bertz CT molecular complexity index is 292. The average molecular weight is 236 g/mol. The van der Waals surface area contributed by atoms with Crippen LogP contribution in [0.1, 0.15) is 45.4 Å². The number of nitrogens with one attached hydrogen (secondary N) is 3. The maximum absolute atomic E-state index is 4.56. The summed E-state index contributed by atoms with van der Waals surface area (Å²) in [5.41, 5.74) is 11.4. The topological polar surface area (TPSA) is 48.5 Å². The predicted octanol–water partition coefficient (Wildman–Crippen LogP) is 1.60. The van der Waals surface area contributed by atoms with Gasteiger partial charge in [-0.1, -0.05) is 19.8 Å². The highest BCUT2D eigenvalue weighted by Gasteiger charge is 2.34. The van der Waals surface area contributed by atoms with Crippen molar-refractivity contribution in [2.24, 2.45) is 22.9 Å². The van der Waals surface area contributed by atoms with Crippen LogP contribution < -0.4 is 16.3 Å². The van der Waals surface area contributed by atoms with Crippen LogP contribution in [0, 0.1) is 17.8 Å². The zero-order chi connectivity index (χ0) is 11.7. The van der Waals surface area contributed by atoms with Gasteiger partial charge in [0.2, 0.25) is 0 Å². The first-order valence-electron chi connectivity index (χ1n) is 7.12. The van der Waals surface area contributed by atoms with Gasteiger partial charge in [0.15, 0.2) is 0 Å². The second-order valence-electron chi connectivity index (χ2n) is 6.03. The molecule has 0 radical (unpaired) electrons. The Morgan fingerprint density at radius 1 is 1.24 bits per heavy atom. The van der Waals surface area contributed by atoms with Crippen LogP contribution in [0.2, 0.25) is 0 Å². The third-order valence-electron chi connectivity index (χ3n) is 4.55. The SMILES string of the molecule is CC1CC(=NNC2NNCC3CCCCC32)C1. The average Bonchev–Trinajstić information content (AvgIpc) is 2.33. The van der Waals surface area contributed by atoms with E-state index in [1.807, 2.05) is 0 Å². The van der Waals surface area contributed by atoms with E-state index in [0.717, 1.165) is 24.3 Å². The van der Waals surface area contributed by atoms with E-state index >= 15 is 0 Å². The molecule has 96 valence electrons. The molecule has 0 amide bonds. The van der Waals surface area contributed by atoms with Gasteiger partial charge in [0.25, 0.3) is 0 Å². The lowest BCUT2D eigenvalue weighted by Gasteiger charge is -2.42. The maximum Gasteiger partial charge on any atom is 0.109 e. The first kappa shape index (κ1) is 11.5. The molecule has 3 fully saturated rings. The molecule has 3 aliphatic rings. The largest absolute Gasteiger partial charge is 0.291 e. The van der Waals surface area contributed by atoms with Gasteiger partial charge in [-0.15, -0.1) is 0 Å². The van der Waals surface area contributed by atoms with Crippen LogP contribution in [0.4, 0.5) is 0 Å². The normalized spacial score (nSPS) is 41.4. The number of hydrogen-bond acceptors (Lipinski definition) is 4. The van der Waals surface area contributed by atoms with Crippen LogP contribution in [0.15, 0.2) is 5.10 Å². The summed E-state index contributed by atoms with van der Waals surface area (Å²) in [4.78, 5) is 0. The van der Waals surface area contributed by atoms with E-state index in [0.29, 0.717) is 6.17 Å². The molecule has 3 N–H and O–H groups in total. The fraction of sp³-hybridized carbons (Fsp3) is 0.923. The first-order valence-corrected chi connectivity index (χ1v) is 7.12. The molecule has 3 atom stereocenters. The Balaban J connectivity index is 1.56. The molecular weight excluding hydrogens is 212 g/mol. The molecule has 2 aliphatic carbocycles. The minimum absolute atomic E-state index is 0.331. The van der Waals surface area contributed by atoms with E-state index in [9.17, 15) is 0 Å². The van der Waals surface area contributed by atoms with Crippen molar-refractivity contribution in [3.8, 4) is 0 Å². The zero-order valence-electron chi connectivity index (χ0n) is 10.7. The summed E-state index contributed by atoms with van der Waals surface area (Å²) >= 11 is 0. The van der Waals surface area contributed by atoms with Crippen LogP contribution in [0.5, 0.6) is 0 Å². The Hall–Kier alpha value is -0.610. The molecule has 0 aromatic rings. The molecule has 3 unspecified atom stereocenters. The molecule has 0 aromatic carbocycles. The summed E-state index contributed by atoms with van der Waals surface area (Å²) < 4.78 is 0. The summed E-state index contributed by atoms with van der Waals surface area (Å²) in [6.45, 7) is 3.41. The minimum Gasteiger partial charge on any atom is -0.291 e. The molecule has 2 saturated carbocycles. The van der Waals surface area contributed by atoms with E-state index in [-0.39, 0.29) is 0 Å². The summed E-state index contributed by atoms with van der Waals surface area (Å²) in [5, 5.41) is 4.56. The number of hydrazine groups is 1. The molecule has 4 heteroatoms. The van der Waals surface area contributed by atoms with Gasteiger partial charge in [-0.25, -0.2) is 5.43 Å². The maximum atomic E-state index is 4.56. The number of nitrogens with zero attached hydrogens (tertiary/aromatic N) is 1. The highest BCUT2D eigenvalue weighted by atomic mass is 15.5. The summed E-state index contributed by atoms with van der Waals surface area (Å²) in [5.74, 6) is 2.44. The highest BCUT2D eigenvalue weighted by molar-refractivity contribution is 5.89. The van der Waals surface area contributed by atoms with Gasteiger partial charge in [0, 0.05) is 12.3 Å². The Kier molecular flexibility index (Phi) is 3.34. The quantitative estimate of drug-likeness (QED) is 0.638.